The fourth-order valence-electron chi connectivity index (χ4n) is 5.84. The monoisotopic (exact) mass is 697 g/mol. The van der Waals surface area contributed by atoms with Crippen molar-refractivity contribution in [1.82, 2.24) is 9.47 Å². The summed E-state index contributed by atoms with van der Waals surface area (Å²) in [6.07, 6.45) is 1.73. The van der Waals surface area contributed by atoms with Crippen molar-refractivity contribution >= 4 is 35.0 Å². The molecule has 1 saturated heterocycles. The van der Waals surface area contributed by atoms with Crippen LogP contribution in [0.2, 0.25) is 0 Å². The summed E-state index contributed by atoms with van der Waals surface area (Å²) >= 11 is 1.22. The molecule has 3 aromatic carbocycles. The maximum Gasteiger partial charge on any atom is 0.338 e. The highest BCUT2D eigenvalue weighted by Crippen LogP contribution is 2.36. The molecule has 0 N–H and O–H groups in total. The lowest BCUT2D eigenvalue weighted by Gasteiger charge is -2.26. The second-order valence-corrected chi connectivity index (χ2v) is 12.9. The minimum Gasteiger partial charge on any atom is -0.493 e. The van der Waals surface area contributed by atoms with E-state index in [0.717, 1.165) is 5.56 Å². The van der Waals surface area contributed by atoms with Crippen LogP contribution in [0.25, 0.3) is 11.8 Å². The molecule has 12 heteroatoms. The van der Waals surface area contributed by atoms with Gasteiger partial charge in [0, 0.05) is 18.7 Å². The zero-order valence-corrected chi connectivity index (χ0v) is 29.2. The number of amides is 1. The van der Waals surface area contributed by atoms with Crippen LogP contribution in [-0.4, -0.2) is 74.1 Å². The fraction of sp³-hybridized carbons (Fsp3) is 0.316. The van der Waals surface area contributed by atoms with E-state index in [9.17, 15) is 14.4 Å². The highest BCUT2D eigenvalue weighted by molar-refractivity contribution is 7.07. The number of thiazole rings is 1. The highest BCUT2D eigenvalue weighted by atomic mass is 32.1. The molecule has 0 aliphatic carbocycles. The first kappa shape index (κ1) is 34.7. The molecule has 0 unspecified atom stereocenters. The average Bonchev–Trinajstić information content (AvgIpc) is 3.44. The molecule has 4 aromatic rings. The Kier molecular flexibility index (Phi) is 10.8. The van der Waals surface area contributed by atoms with Crippen molar-refractivity contribution in [2.24, 2.45) is 4.99 Å². The van der Waals surface area contributed by atoms with Crippen molar-refractivity contribution < 1.29 is 33.3 Å². The molecule has 0 saturated carbocycles. The molecule has 0 radical (unpaired) electrons. The zero-order chi connectivity index (χ0) is 35.2. The number of aromatic nitrogens is 1. The number of morpholine rings is 1. The summed E-state index contributed by atoms with van der Waals surface area (Å²) in [4.78, 5) is 47.7. The summed E-state index contributed by atoms with van der Waals surface area (Å²) in [7, 11) is 1.52. The van der Waals surface area contributed by atoms with E-state index in [1.807, 2.05) is 68.4 Å². The van der Waals surface area contributed by atoms with Gasteiger partial charge in [-0.15, -0.1) is 0 Å². The SMILES string of the molecule is CCOC(=O)C1=C(c2ccccc2)N=c2s/c(=C\c3ccc(OCC(=O)N4CCOCC4)c(OC)c3)c(=O)n2[C@H]1c1ccc(OC(C)C)cc1. The highest BCUT2D eigenvalue weighted by Gasteiger charge is 2.35. The predicted octanol–water partition coefficient (Wildman–Crippen LogP) is 3.97. The van der Waals surface area contributed by atoms with Gasteiger partial charge in [-0.2, -0.15) is 0 Å². The lowest BCUT2D eigenvalue weighted by atomic mass is 9.93. The first-order valence-corrected chi connectivity index (χ1v) is 17.3. The number of nitrogens with zero attached hydrogens (tertiary/aromatic N) is 3. The van der Waals surface area contributed by atoms with Crippen LogP contribution in [-0.2, 0) is 19.1 Å². The Morgan fingerprint density at radius 2 is 1.76 bits per heavy atom. The number of hydrogen-bond donors (Lipinski definition) is 0. The Bertz CT molecular complexity index is 2060. The Morgan fingerprint density at radius 3 is 2.44 bits per heavy atom. The second kappa shape index (κ2) is 15.6. The average molecular weight is 698 g/mol. The molecule has 1 aromatic heterocycles. The summed E-state index contributed by atoms with van der Waals surface area (Å²) in [6, 6.07) is 21.2. The molecule has 3 heterocycles. The summed E-state index contributed by atoms with van der Waals surface area (Å²) in [6.45, 7) is 7.74. The Labute approximate surface area is 293 Å². The van der Waals surface area contributed by atoms with Crippen LogP contribution < -0.4 is 29.1 Å². The Hall–Kier alpha value is -5.20. The van der Waals surface area contributed by atoms with Gasteiger partial charge in [0.15, 0.2) is 22.9 Å². The van der Waals surface area contributed by atoms with E-state index in [4.69, 9.17) is 28.7 Å². The number of hydrogen-bond acceptors (Lipinski definition) is 10. The molecule has 2 aliphatic heterocycles. The lowest BCUT2D eigenvalue weighted by Crippen LogP contribution is -2.43. The number of fused-ring (bicyclic) bond motifs is 1. The van der Waals surface area contributed by atoms with Crippen molar-refractivity contribution in [3.63, 3.8) is 0 Å². The van der Waals surface area contributed by atoms with Gasteiger partial charge in [0.05, 0.1) is 54.9 Å². The van der Waals surface area contributed by atoms with E-state index in [-0.39, 0.29) is 36.4 Å². The predicted molar refractivity (Wildman–Crippen MR) is 189 cm³/mol. The first-order chi connectivity index (χ1) is 24.3. The summed E-state index contributed by atoms with van der Waals surface area (Å²) in [5.74, 6) is 0.814. The zero-order valence-electron chi connectivity index (χ0n) is 28.4. The van der Waals surface area contributed by atoms with Gasteiger partial charge in [-0.05, 0) is 62.2 Å². The molecule has 1 fully saturated rings. The van der Waals surface area contributed by atoms with Crippen molar-refractivity contribution in [3.8, 4) is 17.2 Å². The number of methoxy groups -OCH3 is 1. The van der Waals surface area contributed by atoms with Gasteiger partial charge in [-0.25, -0.2) is 9.79 Å². The van der Waals surface area contributed by atoms with Crippen molar-refractivity contribution in [2.75, 3.05) is 46.6 Å². The van der Waals surface area contributed by atoms with Crippen LogP contribution in [0.4, 0.5) is 0 Å². The van der Waals surface area contributed by atoms with E-state index >= 15 is 0 Å². The first-order valence-electron chi connectivity index (χ1n) is 16.5. The molecule has 260 valence electrons. The van der Waals surface area contributed by atoms with E-state index in [2.05, 4.69) is 0 Å². The maximum absolute atomic E-state index is 14.3. The molecule has 50 heavy (non-hydrogen) atoms. The topological polar surface area (TPSA) is 118 Å². The Morgan fingerprint density at radius 1 is 1.02 bits per heavy atom. The minimum absolute atomic E-state index is 0.0185. The smallest absolute Gasteiger partial charge is 0.338 e. The van der Waals surface area contributed by atoms with Crippen LogP contribution in [0.1, 0.15) is 43.5 Å². The van der Waals surface area contributed by atoms with E-state index in [1.54, 1.807) is 40.7 Å². The lowest BCUT2D eigenvalue weighted by molar-refractivity contribution is -0.139. The number of esters is 1. The fourth-order valence-corrected chi connectivity index (χ4v) is 6.85. The molecule has 1 atom stereocenters. The van der Waals surface area contributed by atoms with Gasteiger partial charge < -0.3 is 28.6 Å². The number of ether oxygens (including phenoxy) is 5. The summed E-state index contributed by atoms with van der Waals surface area (Å²) in [5.41, 5.74) is 2.51. The van der Waals surface area contributed by atoms with Gasteiger partial charge in [0.1, 0.15) is 5.75 Å². The summed E-state index contributed by atoms with van der Waals surface area (Å²) in [5, 5.41) is 0. The third-order valence-corrected chi connectivity index (χ3v) is 9.12. The van der Waals surface area contributed by atoms with Crippen LogP contribution in [0.15, 0.2) is 88.2 Å². The van der Waals surface area contributed by atoms with E-state index in [0.29, 0.717) is 69.7 Å². The van der Waals surface area contributed by atoms with E-state index < -0.39 is 12.0 Å². The van der Waals surface area contributed by atoms with Gasteiger partial charge in [-0.3, -0.25) is 14.2 Å². The third kappa shape index (κ3) is 7.51. The third-order valence-electron chi connectivity index (χ3n) is 8.14. The number of carbonyl (C=O) groups excluding carboxylic acids is 2. The summed E-state index contributed by atoms with van der Waals surface area (Å²) < 4.78 is 30.1. The molecule has 0 spiro atoms. The van der Waals surface area contributed by atoms with Gasteiger partial charge in [-0.1, -0.05) is 59.9 Å². The van der Waals surface area contributed by atoms with Crippen molar-refractivity contribution in [2.45, 2.75) is 32.9 Å². The largest absolute Gasteiger partial charge is 0.493 e. The molecule has 2 aliphatic rings. The molecular formula is C38H39N3O8S. The molecule has 1 amide bonds. The molecule has 11 nitrogen and oxygen atoms in total. The normalized spacial score (nSPS) is 16.1. The van der Waals surface area contributed by atoms with Crippen molar-refractivity contribution in [3.05, 3.63) is 115 Å². The van der Waals surface area contributed by atoms with E-state index in [1.165, 1.54) is 18.4 Å². The quantitative estimate of drug-likeness (QED) is 0.216. The standard InChI is InChI=1S/C38H39N3O8S/c1-5-47-37(44)33-34(26-9-7-6-8-10-26)39-38-41(35(33)27-12-14-28(15-13-27)49-24(2)3)36(43)31(50-38)22-25-11-16-29(30(21-25)45-4)48-23-32(42)40-17-19-46-20-18-40/h6-16,21-22,24,35H,5,17-20,23H2,1-4H3/b31-22-/t35-/m0/s1. The van der Waals surface area contributed by atoms with Crippen LogP contribution >= 0.6 is 11.3 Å². The molecule has 6 rings (SSSR count). The van der Waals surface area contributed by atoms with Crippen LogP contribution in [0, 0.1) is 0 Å². The minimum atomic E-state index is -0.815. The Balaban J connectivity index is 1.42. The van der Waals surface area contributed by atoms with Gasteiger partial charge in [0.2, 0.25) is 0 Å². The number of rotatable bonds is 11. The van der Waals surface area contributed by atoms with Gasteiger partial charge in [0.25, 0.3) is 11.5 Å². The number of carbonyl (C=O) groups is 2. The second-order valence-electron chi connectivity index (χ2n) is 11.9. The van der Waals surface area contributed by atoms with Gasteiger partial charge >= 0.3 is 5.97 Å². The van der Waals surface area contributed by atoms with Crippen molar-refractivity contribution in [1.29, 1.82) is 0 Å². The molecular weight excluding hydrogens is 658 g/mol. The van der Waals surface area contributed by atoms with Crippen LogP contribution in [0.5, 0.6) is 17.2 Å². The molecule has 0 bridgehead atoms. The number of benzene rings is 3. The van der Waals surface area contributed by atoms with Crippen LogP contribution in [0.3, 0.4) is 0 Å². The maximum atomic E-state index is 14.3.